The Morgan fingerprint density at radius 3 is 2.85 bits per heavy atom. The predicted octanol–water partition coefficient (Wildman–Crippen LogP) is 5.14. The lowest BCUT2D eigenvalue weighted by Gasteiger charge is -2.26. The topological polar surface area (TPSA) is 21.3 Å². The quantitative estimate of drug-likeness (QED) is 0.759. The van der Waals surface area contributed by atoms with E-state index in [-0.39, 0.29) is 0 Å². The van der Waals surface area contributed by atoms with Crippen molar-refractivity contribution in [3.05, 3.63) is 34.9 Å². The summed E-state index contributed by atoms with van der Waals surface area (Å²) in [6, 6.07) is 5.91. The van der Waals surface area contributed by atoms with E-state index in [1.807, 2.05) is 25.1 Å². The Kier molecular flexibility index (Phi) is 5.36. The van der Waals surface area contributed by atoms with Gasteiger partial charge in [0.25, 0.3) is 0 Å². The molecule has 0 aromatic heterocycles. The minimum atomic E-state index is 0.637. The van der Waals surface area contributed by atoms with Gasteiger partial charge in [-0.05, 0) is 56.7 Å². The maximum absolute atomic E-state index is 6.20. The molecule has 1 aliphatic carbocycles. The maximum Gasteiger partial charge on any atom is 0.138 e. The normalized spacial score (nSPS) is 22.3. The molecule has 110 valence electrons. The maximum atomic E-state index is 6.20. The van der Waals surface area contributed by atoms with Gasteiger partial charge >= 0.3 is 0 Å². The number of benzene rings is 1. The first-order chi connectivity index (χ1) is 9.58. The monoisotopic (exact) mass is 293 g/mol. The molecule has 2 rings (SSSR count). The molecule has 0 spiro atoms. The molecule has 2 atom stereocenters. The lowest BCUT2D eigenvalue weighted by molar-refractivity contribution is 0.340. The Balaban J connectivity index is 1.91. The fraction of sp³-hybridized carbons (Fsp3) is 0.529. The van der Waals surface area contributed by atoms with Gasteiger partial charge in [-0.3, -0.25) is 0 Å². The van der Waals surface area contributed by atoms with E-state index in [4.69, 9.17) is 16.3 Å². The number of hydrogen-bond donors (Lipinski definition) is 1. The number of ether oxygens (including phenoxy) is 1. The average molecular weight is 294 g/mol. The zero-order valence-electron chi connectivity index (χ0n) is 12.6. The number of allylic oxidation sites excluding steroid dienone is 2. The summed E-state index contributed by atoms with van der Waals surface area (Å²) in [4.78, 5) is 0. The second kappa shape index (κ2) is 7.03. The van der Waals surface area contributed by atoms with Gasteiger partial charge < -0.3 is 10.1 Å². The largest absolute Gasteiger partial charge is 0.492 e. The Bertz CT molecular complexity index is 484. The highest BCUT2D eigenvalue weighted by Crippen LogP contribution is 2.30. The van der Waals surface area contributed by atoms with Gasteiger partial charge in [-0.2, -0.15) is 0 Å². The summed E-state index contributed by atoms with van der Waals surface area (Å²) in [6.45, 7) is 8.13. The highest BCUT2D eigenvalue weighted by molar-refractivity contribution is 6.32. The Labute approximate surface area is 127 Å². The predicted molar refractivity (Wildman–Crippen MR) is 86.8 cm³/mol. The van der Waals surface area contributed by atoms with Gasteiger partial charge in [-0.25, -0.2) is 0 Å². The lowest BCUT2D eigenvalue weighted by atomic mass is 9.84. The number of halogens is 1. The number of anilines is 1. The van der Waals surface area contributed by atoms with Gasteiger partial charge in [0.05, 0.1) is 11.6 Å². The molecule has 2 nitrogen and oxygen atoms in total. The van der Waals surface area contributed by atoms with Gasteiger partial charge in [0.15, 0.2) is 0 Å². The van der Waals surface area contributed by atoms with Crippen LogP contribution in [0.25, 0.3) is 0 Å². The van der Waals surface area contributed by atoms with E-state index >= 15 is 0 Å². The Hall–Kier alpha value is -1.15. The van der Waals surface area contributed by atoms with Gasteiger partial charge in [-0.1, -0.05) is 30.2 Å². The Morgan fingerprint density at radius 2 is 2.20 bits per heavy atom. The third-order valence-electron chi connectivity index (χ3n) is 3.71. The summed E-state index contributed by atoms with van der Waals surface area (Å²) in [6.07, 6.45) is 4.85. The summed E-state index contributed by atoms with van der Waals surface area (Å²) in [5.41, 5.74) is 2.58. The van der Waals surface area contributed by atoms with Crippen molar-refractivity contribution in [2.45, 2.75) is 33.6 Å². The van der Waals surface area contributed by atoms with Crippen LogP contribution in [0.5, 0.6) is 5.75 Å². The van der Waals surface area contributed by atoms with E-state index in [2.05, 4.69) is 25.2 Å². The molecule has 1 aliphatic rings. The molecule has 1 aromatic carbocycles. The molecular formula is C17H24ClNO. The fourth-order valence-corrected chi connectivity index (χ4v) is 3.22. The van der Waals surface area contributed by atoms with Crippen LogP contribution in [0, 0.1) is 11.8 Å². The minimum absolute atomic E-state index is 0.637. The van der Waals surface area contributed by atoms with Crippen molar-refractivity contribution in [3.63, 3.8) is 0 Å². The molecule has 0 aliphatic heterocycles. The molecule has 1 N–H and O–H groups in total. The average Bonchev–Trinajstić information content (AvgIpc) is 2.38. The van der Waals surface area contributed by atoms with Crippen molar-refractivity contribution in [1.82, 2.24) is 0 Å². The van der Waals surface area contributed by atoms with E-state index in [9.17, 15) is 0 Å². The zero-order chi connectivity index (χ0) is 14.5. The molecule has 20 heavy (non-hydrogen) atoms. The van der Waals surface area contributed by atoms with Gasteiger partial charge in [0.2, 0.25) is 0 Å². The molecular weight excluding hydrogens is 270 g/mol. The van der Waals surface area contributed by atoms with E-state index in [0.29, 0.717) is 23.5 Å². The van der Waals surface area contributed by atoms with Crippen LogP contribution < -0.4 is 10.1 Å². The van der Waals surface area contributed by atoms with Crippen LogP contribution in [-0.4, -0.2) is 13.2 Å². The van der Waals surface area contributed by atoms with Crippen LogP contribution in [0.4, 0.5) is 5.69 Å². The molecule has 0 saturated heterocycles. The van der Waals surface area contributed by atoms with Crippen molar-refractivity contribution in [2.75, 3.05) is 18.5 Å². The van der Waals surface area contributed by atoms with Gasteiger partial charge in [0, 0.05) is 12.2 Å². The molecule has 2 unspecified atom stereocenters. The summed E-state index contributed by atoms with van der Waals surface area (Å²) in [7, 11) is 0. The first-order valence-corrected chi connectivity index (χ1v) is 7.79. The minimum Gasteiger partial charge on any atom is -0.492 e. The molecule has 1 aromatic rings. The lowest BCUT2D eigenvalue weighted by Crippen LogP contribution is -2.20. The van der Waals surface area contributed by atoms with Crippen LogP contribution in [0.15, 0.2) is 29.8 Å². The van der Waals surface area contributed by atoms with Crippen LogP contribution >= 0.6 is 11.6 Å². The molecule has 0 bridgehead atoms. The summed E-state index contributed by atoms with van der Waals surface area (Å²) in [5, 5.41) is 4.17. The highest BCUT2D eigenvalue weighted by atomic mass is 35.5. The second-order valence-electron chi connectivity index (χ2n) is 5.76. The molecule has 0 amide bonds. The van der Waals surface area contributed by atoms with Crippen molar-refractivity contribution in [2.24, 2.45) is 11.8 Å². The third kappa shape index (κ3) is 4.17. The number of rotatable bonds is 5. The standard InChI is InChI=1S/C17H24ClNO/c1-4-20-17-6-5-15(10-16(17)18)19-11-14-8-12(2)7-13(3)9-14/h5-7,10,12,14,19H,4,8-9,11H2,1-3H3. The van der Waals surface area contributed by atoms with Crippen LogP contribution in [0.1, 0.15) is 33.6 Å². The third-order valence-corrected chi connectivity index (χ3v) is 4.01. The van der Waals surface area contributed by atoms with Crippen molar-refractivity contribution in [1.29, 1.82) is 0 Å². The first-order valence-electron chi connectivity index (χ1n) is 7.42. The van der Waals surface area contributed by atoms with Crippen LogP contribution in [0.2, 0.25) is 5.02 Å². The molecule has 0 radical (unpaired) electrons. The summed E-state index contributed by atoms with van der Waals surface area (Å²) < 4.78 is 5.45. The second-order valence-corrected chi connectivity index (χ2v) is 6.16. The summed E-state index contributed by atoms with van der Waals surface area (Å²) in [5.74, 6) is 2.16. The van der Waals surface area contributed by atoms with E-state index in [1.165, 1.54) is 18.4 Å². The molecule has 0 heterocycles. The fourth-order valence-electron chi connectivity index (χ4n) is 2.99. The van der Waals surface area contributed by atoms with Crippen molar-refractivity contribution in [3.8, 4) is 5.75 Å². The van der Waals surface area contributed by atoms with E-state index < -0.39 is 0 Å². The highest BCUT2D eigenvalue weighted by Gasteiger charge is 2.17. The molecule has 0 saturated carbocycles. The van der Waals surface area contributed by atoms with E-state index in [0.717, 1.165) is 18.0 Å². The van der Waals surface area contributed by atoms with Gasteiger partial charge in [0.1, 0.15) is 5.75 Å². The summed E-state index contributed by atoms with van der Waals surface area (Å²) >= 11 is 6.20. The van der Waals surface area contributed by atoms with Crippen molar-refractivity contribution < 1.29 is 4.74 Å². The number of nitrogens with one attached hydrogen (secondary N) is 1. The first kappa shape index (κ1) is 15.2. The smallest absolute Gasteiger partial charge is 0.138 e. The SMILES string of the molecule is CCOc1ccc(NCC2CC(C)=CC(C)C2)cc1Cl. The molecule has 3 heteroatoms. The van der Waals surface area contributed by atoms with Crippen LogP contribution in [-0.2, 0) is 0 Å². The van der Waals surface area contributed by atoms with Gasteiger partial charge in [-0.15, -0.1) is 0 Å². The van der Waals surface area contributed by atoms with Crippen molar-refractivity contribution >= 4 is 17.3 Å². The number of hydrogen-bond acceptors (Lipinski definition) is 2. The molecule has 0 fully saturated rings. The van der Waals surface area contributed by atoms with Crippen LogP contribution in [0.3, 0.4) is 0 Å². The zero-order valence-corrected chi connectivity index (χ0v) is 13.3. The Morgan fingerprint density at radius 1 is 1.40 bits per heavy atom. The van der Waals surface area contributed by atoms with E-state index in [1.54, 1.807) is 0 Å².